The second-order valence-electron chi connectivity index (χ2n) is 8.02. The van der Waals surface area contributed by atoms with Crippen LogP contribution in [0.2, 0.25) is 0 Å². The number of unbranched alkanes of at least 4 members (excludes halogenated alkanes) is 13. The smallest absolute Gasteiger partial charge is 0.332 e. The zero-order chi connectivity index (χ0) is 21.5. The minimum absolute atomic E-state index is 0.211. The van der Waals surface area contributed by atoms with Gasteiger partial charge in [-0.25, -0.2) is 4.79 Å². The number of hydrogen-bond acceptors (Lipinski definition) is 5. The second-order valence-corrected chi connectivity index (χ2v) is 8.02. The van der Waals surface area contributed by atoms with Gasteiger partial charge in [-0.05, 0) is 11.6 Å². The molecule has 0 radical (unpaired) electrons. The minimum Gasteiger partial charge on any atom is -0.369 e. The molecule has 1 aromatic rings. The molecule has 0 atom stereocenters. The van der Waals surface area contributed by atoms with Crippen LogP contribution in [0.4, 0.5) is 11.5 Å². The van der Waals surface area contributed by atoms with Gasteiger partial charge < -0.3 is 5.32 Å². The summed E-state index contributed by atoms with van der Waals surface area (Å²) in [7, 11) is 2.88. The van der Waals surface area contributed by atoms with Gasteiger partial charge in [0.25, 0.3) is 5.56 Å². The molecule has 1 rings (SSSR count). The molecule has 1 heterocycles. The molecular weight excluding hydrogens is 368 g/mol. The highest BCUT2D eigenvalue weighted by atomic mass is 16.3. The summed E-state index contributed by atoms with van der Waals surface area (Å²) in [5.74, 6) is 0.211. The van der Waals surface area contributed by atoms with E-state index in [0.717, 1.165) is 17.4 Å². The summed E-state index contributed by atoms with van der Waals surface area (Å²) in [5, 5.41) is 5.86. The Morgan fingerprint density at radius 3 is 1.62 bits per heavy atom. The van der Waals surface area contributed by atoms with Crippen molar-refractivity contribution < 1.29 is 0 Å². The summed E-state index contributed by atoms with van der Waals surface area (Å²) >= 11 is 0. The number of anilines is 1. The number of nitrogens with one attached hydrogen (secondary N) is 1. The van der Waals surface area contributed by atoms with Crippen molar-refractivity contribution in [1.82, 2.24) is 9.13 Å². The van der Waals surface area contributed by atoms with Gasteiger partial charge in [0.05, 0.1) is 0 Å². The molecule has 0 aliphatic rings. The largest absolute Gasteiger partial charge is 0.369 e. The first-order valence-corrected chi connectivity index (χ1v) is 11.4. The molecule has 0 fully saturated rings. The normalized spacial score (nSPS) is 11.0. The molecule has 0 aliphatic carbocycles. The van der Waals surface area contributed by atoms with E-state index in [-0.39, 0.29) is 11.5 Å². The highest BCUT2D eigenvalue weighted by Crippen LogP contribution is 2.18. The third-order valence-electron chi connectivity index (χ3n) is 5.55. The average molecular weight is 409 g/mol. The molecule has 0 bridgehead atoms. The van der Waals surface area contributed by atoms with Crippen LogP contribution in [0.3, 0.4) is 0 Å². The van der Waals surface area contributed by atoms with Gasteiger partial charge >= 0.3 is 5.69 Å². The summed E-state index contributed by atoms with van der Waals surface area (Å²) in [6.07, 6.45) is 18.1. The van der Waals surface area contributed by atoms with Crippen LogP contribution in [-0.4, -0.2) is 15.7 Å². The van der Waals surface area contributed by atoms with Gasteiger partial charge in [0.15, 0.2) is 0 Å². The molecule has 0 spiro atoms. The molecule has 0 aliphatic heterocycles. The lowest BCUT2D eigenvalue weighted by molar-refractivity contribution is 0.537. The molecule has 29 heavy (non-hydrogen) atoms. The Kier molecular flexibility index (Phi) is 13.0. The molecule has 0 aromatic carbocycles. The Hall–Kier alpha value is -1.92. The lowest BCUT2D eigenvalue weighted by Gasteiger charge is -2.13. The number of nitrogens with zero attached hydrogens (tertiary/aromatic N) is 3. The van der Waals surface area contributed by atoms with E-state index in [1.807, 2.05) is 0 Å². The van der Waals surface area contributed by atoms with E-state index < -0.39 is 11.2 Å². The minimum atomic E-state index is -0.661. The van der Waals surface area contributed by atoms with E-state index in [1.54, 1.807) is 0 Å². The van der Waals surface area contributed by atoms with Gasteiger partial charge in [0, 0.05) is 20.6 Å². The standard InChI is InChI=1S/C22H40N4O3/c1-4-5-6-7-8-9-10-11-12-13-14-15-16-17-18-23-20-19(24-29)21(27)26(3)22(28)25(20)2/h23H,4-18H2,1-3H3. The fourth-order valence-corrected chi connectivity index (χ4v) is 3.64. The first kappa shape index (κ1) is 25.1. The van der Waals surface area contributed by atoms with E-state index in [1.165, 1.54) is 95.7 Å². The van der Waals surface area contributed by atoms with Crippen molar-refractivity contribution in [3.05, 3.63) is 25.7 Å². The van der Waals surface area contributed by atoms with E-state index in [2.05, 4.69) is 17.4 Å². The molecule has 0 unspecified atom stereocenters. The summed E-state index contributed by atoms with van der Waals surface area (Å²) in [4.78, 5) is 35.0. The summed E-state index contributed by atoms with van der Waals surface area (Å²) < 4.78 is 2.16. The van der Waals surface area contributed by atoms with Crippen molar-refractivity contribution >= 4 is 11.5 Å². The van der Waals surface area contributed by atoms with Crippen LogP contribution in [-0.2, 0) is 14.1 Å². The van der Waals surface area contributed by atoms with Gasteiger partial charge in [-0.3, -0.25) is 13.9 Å². The van der Waals surface area contributed by atoms with E-state index in [4.69, 9.17) is 0 Å². The molecule has 0 saturated carbocycles. The summed E-state index contributed by atoms with van der Waals surface area (Å²) in [5.41, 5.74) is -1.36. The van der Waals surface area contributed by atoms with E-state index in [0.29, 0.717) is 6.54 Å². The van der Waals surface area contributed by atoms with Crippen molar-refractivity contribution in [2.75, 3.05) is 11.9 Å². The molecule has 7 nitrogen and oxygen atoms in total. The first-order valence-electron chi connectivity index (χ1n) is 11.4. The molecule has 166 valence electrons. The Morgan fingerprint density at radius 2 is 1.17 bits per heavy atom. The van der Waals surface area contributed by atoms with Crippen LogP contribution < -0.4 is 16.6 Å². The zero-order valence-corrected chi connectivity index (χ0v) is 18.7. The third kappa shape index (κ3) is 8.96. The van der Waals surface area contributed by atoms with E-state index >= 15 is 0 Å². The molecular formula is C22H40N4O3. The number of aromatic nitrogens is 2. The van der Waals surface area contributed by atoms with Gasteiger partial charge in [0.1, 0.15) is 5.82 Å². The maximum Gasteiger partial charge on any atom is 0.332 e. The van der Waals surface area contributed by atoms with Crippen molar-refractivity contribution in [1.29, 1.82) is 0 Å². The van der Waals surface area contributed by atoms with Crippen LogP contribution in [0.5, 0.6) is 0 Å². The fraction of sp³-hybridized carbons (Fsp3) is 0.818. The molecule has 0 saturated heterocycles. The third-order valence-corrected chi connectivity index (χ3v) is 5.55. The second kappa shape index (κ2) is 15.0. The van der Waals surface area contributed by atoms with Gasteiger partial charge in [-0.15, -0.1) is 4.91 Å². The highest BCUT2D eigenvalue weighted by molar-refractivity contribution is 5.59. The van der Waals surface area contributed by atoms with Gasteiger partial charge in [-0.2, -0.15) is 0 Å². The maximum atomic E-state index is 12.0. The zero-order valence-electron chi connectivity index (χ0n) is 18.7. The lowest BCUT2D eigenvalue weighted by Crippen LogP contribution is -2.38. The van der Waals surface area contributed by atoms with Gasteiger partial charge in [-0.1, -0.05) is 90.4 Å². The average Bonchev–Trinajstić information content (AvgIpc) is 2.72. The number of hydrogen-bond donors (Lipinski definition) is 1. The highest BCUT2D eigenvalue weighted by Gasteiger charge is 2.15. The Labute approximate surface area is 174 Å². The monoisotopic (exact) mass is 408 g/mol. The first-order chi connectivity index (χ1) is 14.0. The maximum absolute atomic E-state index is 12.0. The summed E-state index contributed by atoms with van der Waals surface area (Å²) in [6, 6.07) is 0. The summed E-state index contributed by atoms with van der Waals surface area (Å²) in [6.45, 7) is 2.87. The van der Waals surface area contributed by atoms with Crippen LogP contribution >= 0.6 is 0 Å². The van der Waals surface area contributed by atoms with Crippen LogP contribution in [0, 0.1) is 4.91 Å². The molecule has 1 N–H and O–H groups in total. The molecule has 1 aromatic heterocycles. The van der Waals surface area contributed by atoms with Gasteiger partial charge in [0.2, 0.25) is 5.69 Å². The quantitative estimate of drug-likeness (QED) is 0.277. The SMILES string of the molecule is CCCCCCCCCCCCCCCCNc1c(N=O)c(=O)n(C)c(=O)n1C. The van der Waals surface area contributed by atoms with Crippen LogP contribution in [0.1, 0.15) is 96.8 Å². The lowest BCUT2D eigenvalue weighted by atomic mass is 10.0. The molecule has 7 heteroatoms. The van der Waals surface area contributed by atoms with Crippen molar-refractivity contribution in [2.24, 2.45) is 19.3 Å². The Balaban J connectivity index is 2.11. The van der Waals surface area contributed by atoms with Crippen molar-refractivity contribution in [2.45, 2.75) is 96.8 Å². The van der Waals surface area contributed by atoms with Crippen LogP contribution in [0.15, 0.2) is 14.8 Å². The topological polar surface area (TPSA) is 85.5 Å². The van der Waals surface area contributed by atoms with Crippen molar-refractivity contribution in [3.8, 4) is 0 Å². The van der Waals surface area contributed by atoms with Crippen molar-refractivity contribution in [3.63, 3.8) is 0 Å². The Morgan fingerprint density at radius 1 is 0.724 bits per heavy atom. The van der Waals surface area contributed by atoms with E-state index in [9.17, 15) is 14.5 Å². The number of nitroso groups, excluding NO2 is 1. The Bertz CT molecular complexity index is 709. The predicted octanol–water partition coefficient (Wildman–Crippen LogP) is 5.38. The van der Waals surface area contributed by atoms with Crippen LogP contribution in [0.25, 0.3) is 0 Å². The fourth-order valence-electron chi connectivity index (χ4n) is 3.64. The number of rotatable bonds is 17. The molecule has 0 amide bonds. The predicted molar refractivity (Wildman–Crippen MR) is 121 cm³/mol.